The van der Waals surface area contributed by atoms with E-state index in [2.05, 4.69) is 20.8 Å². The highest BCUT2D eigenvalue weighted by Gasteiger charge is 2.11. The van der Waals surface area contributed by atoms with Gasteiger partial charge in [0.05, 0.1) is 0 Å². The molecule has 0 aromatic carbocycles. The Morgan fingerprint density at radius 1 is 0.750 bits per heavy atom. The fourth-order valence-corrected chi connectivity index (χ4v) is 3.89. The number of hydrogen-bond acceptors (Lipinski definition) is 0. The van der Waals surface area contributed by atoms with Crippen molar-refractivity contribution in [3.8, 4) is 6.00 Å². The van der Waals surface area contributed by atoms with Crippen molar-refractivity contribution in [3.05, 3.63) is 0 Å². The highest BCUT2D eigenvalue weighted by atomic mass is 28.2. The molecule has 0 bridgehead atoms. The molecule has 0 amide bonds. The van der Waals surface area contributed by atoms with Gasteiger partial charge < -0.3 is 0 Å². The molecule has 1 heteroatoms. The highest BCUT2D eigenvalue weighted by Crippen LogP contribution is 2.26. The monoisotopic (exact) mass is 294 g/mol. The zero-order valence-electron chi connectivity index (χ0n) is 14.4. The van der Waals surface area contributed by atoms with Gasteiger partial charge in [-0.25, -0.2) is 0 Å². The standard InChI is InChI=1S/C8H14Si.C8H16.C3H8/c1-9-7-8-5-3-2-4-6-8;1-2-8-6-4-3-5-7-8;1-3-2/h1,8H,2-7H2;8H,2-7H2,1H3;3H2,1-2H3. The van der Waals surface area contributed by atoms with E-state index in [0.717, 1.165) is 11.8 Å². The fourth-order valence-electron chi connectivity index (χ4n) is 3.15. The smallest absolute Gasteiger partial charge is 0.0114 e. The lowest BCUT2D eigenvalue weighted by Crippen LogP contribution is -2.05. The van der Waals surface area contributed by atoms with E-state index in [0.29, 0.717) is 8.96 Å². The van der Waals surface area contributed by atoms with Crippen LogP contribution >= 0.6 is 0 Å². The summed E-state index contributed by atoms with van der Waals surface area (Å²) < 4.78 is 0. The third-order valence-corrected chi connectivity index (χ3v) is 5.25. The van der Waals surface area contributed by atoms with Crippen LogP contribution < -0.4 is 0 Å². The van der Waals surface area contributed by atoms with Crippen molar-refractivity contribution in [2.45, 2.75) is 104 Å². The lowest BCUT2D eigenvalue weighted by atomic mass is 9.88. The Kier molecular flexibility index (Phi) is 15.4. The SMILES string of the molecule is C#[Si]CC1CCCCC1.CCC.CCC1CCCCC1. The Hall–Kier alpha value is -0.00312. The molecule has 0 unspecified atom stereocenters. The van der Waals surface area contributed by atoms with E-state index in [4.69, 9.17) is 6.00 Å². The molecule has 0 aromatic rings. The second-order valence-corrected chi connectivity index (χ2v) is 7.35. The quantitative estimate of drug-likeness (QED) is 0.499. The van der Waals surface area contributed by atoms with Crippen LogP contribution in [-0.4, -0.2) is 8.96 Å². The fraction of sp³-hybridized carbons (Fsp3) is 0.947. The maximum Gasteiger partial charge on any atom is -0.0114 e. The van der Waals surface area contributed by atoms with Gasteiger partial charge in [0.25, 0.3) is 0 Å². The molecule has 118 valence electrons. The summed E-state index contributed by atoms with van der Waals surface area (Å²) in [5.74, 6) is 2.07. The van der Waals surface area contributed by atoms with Gasteiger partial charge in [-0.05, 0) is 26.8 Å². The van der Waals surface area contributed by atoms with Crippen molar-refractivity contribution in [3.63, 3.8) is 0 Å². The lowest BCUT2D eigenvalue weighted by Gasteiger charge is -2.18. The van der Waals surface area contributed by atoms with Crippen LogP contribution in [0.2, 0.25) is 6.04 Å². The molecule has 20 heavy (non-hydrogen) atoms. The zero-order valence-corrected chi connectivity index (χ0v) is 15.4. The van der Waals surface area contributed by atoms with Crippen LogP contribution in [0.1, 0.15) is 97.8 Å². The summed E-state index contributed by atoms with van der Waals surface area (Å²) in [6.45, 7) is 6.57. The maximum atomic E-state index is 5.49. The zero-order chi connectivity index (χ0) is 15.1. The third kappa shape index (κ3) is 11.8. The highest BCUT2D eigenvalue weighted by molar-refractivity contribution is 6.21. The van der Waals surface area contributed by atoms with Crippen LogP contribution in [0.3, 0.4) is 0 Å². The molecule has 0 aromatic heterocycles. The summed E-state index contributed by atoms with van der Waals surface area (Å²) in [6, 6.07) is 6.78. The molecule has 0 aliphatic heterocycles. The number of rotatable bonds is 2. The molecule has 0 heterocycles. The summed E-state index contributed by atoms with van der Waals surface area (Å²) in [6.07, 6.45) is 17.4. The normalized spacial score (nSPS) is 19.9. The summed E-state index contributed by atoms with van der Waals surface area (Å²) >= 11 is 0. The minimum absolute atomic E-state index is 0.689. The molecule has 2 aliphatic carbocycles. The molecule has 0 saturated heterocycles. The van der Waals surface area contributed by atoms with Crippen LogP contribution in [0.4, 0.5) is 0 Å². The van der Waals surface area contributed by atoms with E-state index in [9.17, 15) is 0 Å². The van der Waals surface area contributed by atoms with Crippen molar-refractivity contribution in [1.29, 1.82) is 0 Å². The average molecular weight is 295 g/mol. The summed E-state index contributed by atoms with van der Waals surface area (Å²) in [5, 5.41) is 0. The van der Waals surface area contributed by atoms with Crippen LogP contribution in [0.5, 0.6) is 0 Å². The Bertz CT molecular complexity index is 216. The number of hydrogen-bond donors (Lipinski definition) is 0. The molecule has 0 spiro atoms. The molecule has 2 rings (SSSR count). The Balaban J connectivity index is 0.000000304. The van der Waals surface area contributed by atoms with Crippen LogP contribution in [-0.2, 0) is 0 Å². The van der Waals surface area contributed by atoms with Gasteiger partial charge >= 0.3 is 0 Å². The summed E-state index contributed by atoms with van der Waals surface area (Å²) in [7, 11) is 0.689. The van der Waals surface area contributed by atoms with E-state index in [-0.39, 0.29) is 0 Å². The molecule has 0 atom stereocenters. The van der Waals surface area contributed by atoms with Gasteiger partial charge in [0.1, 0.15) is 0 Å². The van der Waals surface area contributed by atoms with Crippen molar-refractivity contribution in [2.75, 3.05) is 0 Å². The van der Waals surface area contributed by atoms with Gasteiger partial charge in [-0.2, -0.15) is 6.00 Å². The molecule has 2 fully saturated rings. The first-order valence-corrected chi connectivity index (χ1v) is 10.5. The molecule has 0 radical (unpaired) electrons. The van der Waals surface area contributed by atoms with Crippen molar-refractivity contribution >= 4 is 8.96 Å². The van der Waals surface area contributed by atoms with Gasteiger partial charge in [0.2, 0.25) is 0 Å². The summed E-state index contributed by atoms with van der Waals surface area (Å²) in [5.41, 5.74) is 0. The third-order valence-electron chi connectivity index (χ3n) is 4.43. The largest absolute Gasteiger partial charge is 0.158 e. The van der Waals surface area contributed by atoms with Crippen LogP contribution in [0, 0.1) is 17.8 Å². The molecule has 2 aliphatic rings. The van der Waals surface area contributed by atoms with Crippen molar-refractivity contribution in [2.24, 2.45) is 11.8 Å². The van der Waals surface area contributed by atoms with E-state index in [1.165, 1.54) is 83.1 Å². The van der Waals surface area contributed by atoms with Gasteiger partial charge in [0.15, 0.2) is 0 Å². The second kappa shape index (κ2) is 15.4. The minimum atomic E-state index is 0.689. The Morgan fingerprint density at radius 2 is 1.15 bits per heavy atom. The molecule has 0 nitrogen and oxygen atoms in total. The Labute approximate surface area is 131 Å². The lowest BCUT2D eigenvalue weighted by molar-refractivity contribution is 0.349. The maximum absolute atomic E-state index is 5.49. The average Bonchev–Trinajstić information content (AvgIpc) is 2.51. The van der Waals surface area contributed by atoms with E-state index in [1.54, 1.807) is 0 Å². The van der Waals surface area contributed by atoms with Gasteiger partial charge in [-0.3, -0.25) is 0 Å². The summed E-state index contributed by atoms with van der Waals surface area (Å²) in [4.78, 5) is 0. The van der Waals surface area contributed by atoms with Gasteiger partial charge in [0, 0.05) is 0 Å². The topological polar surface area (TPSA) is 0 Å². The van der Waals surface area contributed by atoms with Gasteiger partial charge in [-0.1, -0.05) is 97.8 Å². The Morgan fingerprint density at radius 3 is 1.45 bits per heavy atom. The minimum Gasteiger partial charge on any atom is -0.158 e. The van der Waals surface area contributed by atoms with E-state index in [1.807, 2.05) is 0 Å². The van der Waals surface area contributed by atoms with E-state index < -0.39 is 0 Å². The van der Waals surface area contributed by atoms with E-state index >= 15 is 0 Å². The van der Waals surface area contributed by atoms with Crippen LogP contribution in [0.25, 0.3) is 0 Å². The molecular weight excluding hydrogens is 256 g/mol. The predicted octanol–water partition coefficient (Wildman–Crippen LogP) is 6.67. The molecule has 0 N–H and O–H groups in total. The predicted molar refractivity (Wildman–Crippen MR) is 94.9 cm³/mol. The van der Waals surface area contributed by atoms with Gasteiger partial charge in [-0.15, -0.1) is 0 Å². The molecule has 2 saturated carbocycles. The van der Waals surface area contributed by atoms with Crippen LogP contribution in [0.15, 0.2) is 0 Å². The second-order valence-electron chi connectivity index (χ2n) is 6.53. The first kappa shape index (κ1) is 20.0. The molecular formula is C19H38Si. The van der Waals surface area contributed by atoms with Crippen molar-refractivity contribution < 1.29 is 0 Å². The first-order valence-electron chi connectivity index (χ1n) is 9.21. The van der Waals surface area contributed by atoms with Crippen molar-refractivity contribution in [1.82, 2.24) is 0 Å². The first-order chi connectivity index (χ1) is 9.78.